The van der Waals surface area contributed by atoms with Gasteiger partial charge < -0.3 is 15.2 Å². The molecule has 0 atom stereocenters. The first-order chi connectivity index (χ1) is 12.6. The van der Waals surface area contributed by atoms with Crippen LogP contribution in [0, 0.1) is 6.92 Å². The number of carbonyl (C=O) groups excluding carboxylic acids is 2. The van der Waals surface area contributed by atoms with Crippen molar-refractivity contribution < 1.29 is 9.59 Å². The van der Waals surface area contributed by atoms with Crippen LogP contribution in [0.25, 0.3) is 11.0 Å². The van der Waals surface area contributed by atoms with Crippen molar-refractivity contribution in [1.29, 1.82) is 0 Å². The zero-order valence-corrected chi connectivity index (χ0v) is 15.0. The number of hydrogen-bond acceptors (Lipinski definition) is 3. The van der Waals surface area contributed by atoms with E-state index in [4.69, 9.17) is 0 Å². The Morgan fingerprint density at radius 3 is 2.73 bits per heavy atom. The number of aryl methyl sites for hydroxylation is 1. The fraction of sp³-hybridized carbons (Fsp3) is 0.250. The molecule has 2 N–H and O–H groups in total. The molecule has 0 fully saturated rings. The van der Waals surface area contributed by atoms with Crippen LogP contribution >= 0.6 is 0 Å². The molecule has 0 aliphatic heterocycles. The van der Waals surface area contributed by atoms with E-state index in [2.05, 4.69) is 20.2 Å². The number of benzene rings is 2. The van der Waals surface area contributed by atoms with E-state index >= 15 is 0 Å². The van der Waals surface area contributed by atoms with Crippen LogP contribution in [-0.4, -0.2) is 27.9 Å². The van der Waals surface area contributed by atoms with E-state index in [1.807, 2.05) is 31.2 Å². The number of hydrogen-bond donors (Lipinski definition) is 2. The highest BCUT2D eigenvalue weighted by Gasteiger charge is 2.09. The highest BCUT2D eigenvalue weighted by Crippen LogP contribution is 2.15. The quantitative estimate of drug-likeness (QED) is 0.717. The molecule has 0 aliphatic carbocycles. The molecule has 6 heteroatoms. The van der Waals surface area contributed by atoms with Crippen molar-refractivity contribution in [2.45, 2.75) is 26.8 Å². The summed E-state index contributed by atoms with van der Waals surface area (Å²) in [6.07, 6.45) is 0.397. The summed E-state index contributed by atoms with van der Waals surface area (Å²) in [6, 6.07) is 14.9. The first kappa shape index (κ1) is 17.7. The fourth-order valence-electron chi connectivity index (χ4n) is 2.85. The molecule has 0 radical (unpaired) electrons. The van der Waals surface area contributed by atoms with Gasteiger partial charge in [-0.15, -0.1) is 0 Å². The van der Waals surface area contributed by atoms with Gasteiger partial charge in [-0.3, -0.25) is 9.59 Å². The van der Waals surface area contributed by atoms with Crippen LogP contribution in [0.5, 0.6) is 0 Å². The lowest BCUT2D eigenvalue weighted by Gasteiger charge is -2.10. The predicted molar refractivity (Wildman–Crippen MR) is 102 cm³/mol. The van der Waals surface area contributed by atoms with Crippen molar-refractivity contribution in [1.82, 2.24) is 14.9 Å². The Labute approximate surface area is 152 Å². The summed E-state index contributed by atoms with van der Waals surface area (Å²) in [5.74, 6) is 0.675. The lowest BCUT2D eigenvalue weighted by molar-refractivity contribution is -0.115. The summed E-state index contributed by atoms with van der Waals surface area (Å²) < 4.78 is 2.09. The first-order valence-electron chi connectivity index (χ1n) is 8.68. The Hall–Kier alpha value is -3.15. The summed E-state index contributed by atoms with van der Waals surface area (Å²) in [7, 11) is 0. The van der Waals surface area contributed by atoms with Gasteiger partial charge in [0.2, 0.25) is 5.91 Å². The highest BCUT2D eigenvalue weighted by atomic mass is 16.2. The molecule has 0 bridgehead atoms. The van der Waals surface area contributed by atoms with E-state index < -0.39 is 0 Å². The number of aromatic nitrogens is 2. The maximum atomic E-state index is 12.4. The van der Waals surface area contributed by atoms with Gasteiger partial charge in [0, 0.05) is 30.8 Å². The van der Waals surface area contributed by atoms with E-state index in [0.29, 0.717) is 30.8 Å². The Balaban J connectivity index is 1.63. The Morgan fingerprint density at radius 2 is 1.92 bits per heavy atom. The van der Waals surface area contributed by atoms with Gasteiger partial charge in [0.1, 0.15) is 5.82 Å². The molecule has 3 aromatic rings. The van der Waals surface area contributed by atoms with Crippen LogP contribution < -0.4 is 10.6 Å². The minimum atomic E-state index is -0.167. The number of nitrogens with one attached hydrogen (secondary N) is 2. The molecule has 6 nitrogen and oxygen atoms in total. The fourth-order valence-corrected chi connectivity index (χ4v) is 2.85. The lowest BCUT2D eigenvalue weighted by atomic mass is 10.2. The van der Waals surface area contributed by atoms with Crippen molar-refractivity contribution in [3.8, 4) is 0 Å². The second kappa shape index (κ2) is 7.82. The highest BCUT2D eigenvalue weighted by molar-refractivity contribution is 5.97. The van der Waals surface area contributed by atoms with Gasteiger partial charge in [0.25, 0.3) is 5.91 Å². The van der Waals surface area contributed by atoms with Gasteiger partial charge in [-0.05, 0) is 37.3 Å². The maximum absolute atomic E-state index is 12.4. The smallest absolute Gasteiger partial charge is 0.251 e. The van der Waals surface area contributed by atoms with Crippen LogP contribution in [0.3, 0.4) is 0 Å². The van der Waals surface area contributed by atoms with Crippen molar-refractivity contribution in [2.75, 3.05) is 11.9 Å². The van der Waals surface area contributed by atoms with E-state index in [9.17, 15) is 9.59 Å². The van der Waals surface area contributed by atoms with Gasteiger partial charge in [-0.25, -0.2) is 4.98 Å². The average molecular weight is 350 g/mol. The normalized spacial score (nSPS) is 10.7. The lowest BCUT2D eigenvalue weighted by Crippen LogP contribution is -2.27. The number of fused-ring (bicyclic) bond motifs is 1. The van der Waals surface area contributed by atoms with Crippen molar-refractivity contribution >= 4 is 28.5 Å². The van der Waals surface area contributed by atoms with Crippen LogP contribution in [0.2, 0.25) is 0 Å². The van der Waals surface area contributed by atoms with Crippen LogP contribution in [0.1, 0.15) is 29.5 Å². The Bertz CT molecular complexity index is 946. The van der Waals surface area contributed by atoms with Crippen molar-refractivity contribution in [3.63, 3.8) is 0 Å². The van der Waals surface area contributed by atoms with Gasteiger partial charge in [0.05, 0.1) is 11.0 Å². The number of anilines is 1. The van der Waals surface area contributed by atoms with Crippen molar-refractivity contribution in [3.05, 3.63) is 59.9 Å². The molecule has 134 valence electrons. The minimum absolute atomic E-state index is 0.0787. The third kappa shape index (κ3) is 3.91. The average Bonchev–Trinajstić information content (AvgIpc) is 2.97. The molecule has 1 heterocycles. The number of amides is 2. The van der Waals surface area contributed by atoms with E-state index in [0.717, 1.165) is 16.9 Å². The second-order valence-electron chi connectivity index (χ2n) is 6.04. The van der Waals surface area contributed by atoms with Crippen molar-refractivity contribution in [2.24, 2.45) is 0 Å². The molecule has 0 saturated carbocycles. The van der Waals surface area contributed by atoms with Crippen LogP contribution in [-0.2, 0) is 11.3 Å². The molecule has 0 unspecified atom stereocenters. The third-order valence-electron chi connectivity index (χ3n) is 4.20. The zero-order chi connectivity index (χ0) is 18.5. The summed E-state index contributed by atoms with van der Waals surface area (Å²) in [6.45, 7) is 4.88. The molecule has 2 aromatic carbocycles. The van der Waals surface area contributed by atoms with E-state index in [-0.39, 0.29) is 11.8 Å². The number of rotatable bonds is 6. The molecule has 0 saturated heterocycles. The van der Waals surface area contributed by atoms with Gasteiger partial charge >= 0.3 is 0 Å². The summed E-state index contributed by atoms with van der Waals surface area (Å²) in [4.78, 5) is 28.4. The Kier molecular flexibility index (Phi) is 5.31. The van der Waals surface area contributed by atoms with Crippen LogP contribution in [0.15, 0.2) is 48.5 Å². The number of nitrogens with zero attached hydrogens (tertiary/aromatic N) is 2. The maximum Gasteiger partial charge on any atom is 0.251 e. The zero-order valence-electron chi connectivity index (χ0n) is 15.0. The number of para-hydroxylation sites is 2. The predicted octanol–water partition coefficient (Wildman–Crippen LogP) is 3.12. The summed E-state index contributed by atoms with van der Waals surface area (Å²) >= 11 is 0. The topological polar surface area (TPSA) is 76.0 Å². The third-order valence-corrected chi connectivity index (χ3v) is 4.20. The molecule has 2 amide bonds. The number of carbonyl (C=O) groups is 2. The minimum Gasteiger partial charge on any atom is -0.350 e. The molecule has 26 heavy (non-hydrogen) atoms. The van der Waals surface area contributed by atoms with Gasteiger partial charge in [-0.2, -0.15) is 0 Å². The standard InChI is InChI=1S/C20H22N4O2/c1-3-19(25)23-16-8-6-7-15(13-16)20(26)21-11-12-24-14(2)22-17-9-4-5-10-18(17)24/h4-10,13H,3,11-12H2,1-2H3,(H,21,26)(H,23,25). The number of imidazole rings is 1. The molecule has 0 spiro atoms. The SMILES string of the molecule is CCC(=O)Nc1cccc(C(=O)NCCn2c(C)nc3ccccc32)c1. The molecule has 0 aliphatic rings. The van der Waals surface area contributed by atoms with E-state index in [1.165, 1.54) is 0 Å². The molecule has 3 rings (SSSR count). The molecular formula is C20H22N4O2. The molecular weight excluding hydrogens is 328 g/mol. The summed E-state index contributed by atoms with van der Waals surface area (Å²) in [5.41, 5.74) is 3.16. The second-order valence-corrected chi connectivity index (χ2v) is 6.04. The largest absolute Gasteiger partial charge is 0.350 e. The summed E-state index contributed by atoms with van der Waals surface area (Å²) in [5, 5.41) is 5.69. The first-order valence-corrected chi connectivity index (χ1v) is 8.68. The monoisotopic (exact) mass is 350 g/mol. The van der Waals surface area contributed by atoms with Gasteiger partial charge in [-0.1, -0.05) is 25.1 Å². The Morgan fingerprint density at radius 1 is 1.12 bits per heavy atom. The van der Waals surface area contributed by atoms with E-state index in [1.54, 1.807) is 31.2 Å². The van der Waals surface area contributed by atoms with Crippen LogP contribution in [0.4, 0.5) is 5.69 Å². The molecule has 1 aromatic heterocycles. The van der Waals surface area contributed by atoms with Gasteiger partial charge in [0.15, 0.2) is 0 Å².